The Morgan fingerprint density at radius 1 is 1.11 bits per heavy atom. The van der Waals surface area contributed by atoms with Gasteiger partial charge in [-0.2, -0.15) is 0 Å². The van der Waals surface area contributed by atoms with Crippen LogP contribution in [0.3, 0.4) is 0 Å². The lowest BCUT2D eigenvalue weighted by molar-refractivity contribution is -0.115. The zero-order valence-electron chi connectivity index (χ0n) is 14.7. The van der Waals surface area contributed by atoms with Crippen LogP contribution in [0.2, 0.25) is 0 Å². The molecule has 27 heavy (non-hydrogen) atoms. The number of halogens is 1. The summed E-state index contributed by atoms with van der Waals surface area (Å²) >= 11 is 0. The summed E-state index contributed by atoms with van der Waals surface area (Å²) < 4.78 is 18.9. The maximum absolute atomic E-state index is 13.8. The van der Waals surface area contributed by atoms with E-state index < -0.39 is 11.7 Å². The molecule has 0 unspecified atom stereocenters. The molecular weight excluding hydrogens is 349 g/mol. The van der Waals surface area contributed by atoms with Crippen molar-refractivity contribution in [1.29, 1.82) is 0 Å². The van der Waals surface area contributed by atoms with Crippen LogP contribution >= 0.6 is 0 Å². The Hall–Kier alpha value is -3.48. The number of nitrogens with one attached hydrogen (secondary N) is 2. The molecule has 2 amide bonds. The Kier molecular flexibility index (Phi) is 5.61. The number of amides is 2. The summed E-state index contributed by atoms with van der Waals surface area (Å²) in [5.41, 5.74) is 1.87. The Morgan fingerprint density at radius 2 is 1.85 bits per heavy atom. The first-order valence-electron chi connectivity index (χ1n) is 8.45. The molecule has 1 heterocycles. The quantitative estimate of drug-likeness (QED) is 0.695. The van der Waals surface area contributed by atoms with Crippen molar-refractivity contribution in [2.75, 3.05) is 5.32 Å². The van der Waals surface area contributed by atoms with Gasteiger partial charge in [-0.05, 0) is 29.8 Å². The molecule has 0 saturated heterocycles. The van der Waals surface area contributed by atoms with Crippen molar-refractivity contribution < 1.29 is 18.5 Å². The first kappa shape index (κ1) is 18.3. The van der Waals surface area contributed by atoms with E-state index in [1.807, 2.05) is 0 Å². The summed E-state index contributed by atoms with van der Waals surface area (Å²) in [7, 11) is 0. The molecule has 0 radical (unpaired) electrons. The first-order chi connectivity index (χ1) is 13.1. The molecule has 7 heteroatoms. The molecular formula is C20H18FN3O3. The summed E-state index contributed by atoms with van der Waals surface area (Å²) in [6, 6.07) is 14.6. The fraction of sp³-hybridized carbons (Fsp3) is 0.150. The molecule has 2 aromatic carbocycles. The van der Waals surface area contributed by atoms with E-state index in [-0.39, 0.29) is 29.5 Å². The smallest absolute Gasteiger partial charge is 0.273 e. The average Bonchev–Trinajstić information content (AvgIpc) is 3.17. The standard InChI is InChI=1S/C20H18FN3O3/c1-2-19(25)23-14-9-7-13(8-10-14)12-22-20(26)17-11-18(27-24-17)15-5-3-4-6-16(15)21/h3-11H,2,12H2,1H3,(H,22,26)(H,23,25). The maximum atomic E-state index is 13.8. The van der Waals surface area contributed by atoms with Gasteiger partial charge in [-0.1, -0.05) is 36.3 Å². The molecule has 0 fully saturated rings. The van der Waals surface area contributed by atoms with Gasteiger partial charge in [-0.15, -0.1) is 0 Å². The largest absolute Gasteiger partial charge is 0.355 e. The highest BCUT2D eigenvalue weighted by Gasteiger charge is 2.15. The number of hydrogen-bond acceptors (Lipinski definition) is 4. The van der Waals surface area contributed by atoms with E-state index in [1.54, 1.807) is 49.4 Å². The lowest BCUT2D eigenvalue weighted by atomic mass is 10.1. The number of rotatable bonds is 6. The van der Waals surface area contributed by atoms with Gasteiger partial charge in [-0.25, -0.2) is 4.39 Å². The second kappa shape index (κ2) is 8.27. The number of benzene rings is 2. The van der Waals surface area contributed by atoms with E-state index in [1.165, 1.54) is 12.1 Å². The molecule has 0 bridgehead atoms. The van der Waals surface area contributed by atoms with Gasteiger partial charge in [-0.3, -0.25) is 9.59 Å². The lowest BCUT2D eigenvalue weighted by Gasteiger charge is -2.06. The minimum atomic E-state index is -0.448. The number of carbonyl (C=O) groups is 2. The van der Waals surface area contributed by atoms with Crippen LogP contribution in [0.4, 0.5) is 10.1 Å². The summed E-state index contributed by atoms with van der Waals surface area (Å²) in [6.45, 7) is 2.06. The Balaban J connectivity index is 1.60. The van der Waals surface area contributed by atoms with E-state index in [2.05, 4.69) is 15.8 Å². The highest BCUT2D eigenvalue weighted by molar-refractivity contribution is 5.93. The zero-order valence-corrected chi connectivity index (χ0v) is 14.7. The molecule has 0 spiro atoms. The van der Waals surface area contributed by atoms with Crippen molar-refractivity contribution >= 4 is 17.5 Å². The minimum absolute atomic E-state index is 0.0623. The van der Waals surface area contributed by atoms with Gasteiger partial charge in [0.1, 0.15) is 5.82 Å². The fourth-order valence-electron chi connectivity index (χ4n) is 2.40. The van der Waals surface area contributed by atoms with E-state index in [0.29, 0.717) is 12.1 Å². The number of nitrogens with zero attached hydrogens (tertiary/aromatic N) is 1. The number of aromatic nitrogens is 1. The van der Waals surface area contributed by atoms with Crippen LogP contribution in [-0.2, 0) is 11.3 Å². The topological polar surface area (TPSA) is 84.2 Å². The SMILES string of the molecule is CCC(=O)Nc1ccc(CNC(=O)c2cc(-c3ccccc3F)on2)cc1. The summed E-state index contributed by atoms with van der Waals surface area (Å²) in [6.07, 6.45) is 0.407. The van der Waals surface area contributed by atoms with Gasteiger partial charge >= 0.3 is 0 Å². The number of anilines is 1. The van der Waals surface area contributed by atoms with Crippen LogP contribution < -0.4 is 10.6 Å². The molecule has 6 nitrogen and oxygen atoms in total. The minimum Gasteiger partial charge on any atom is -0.355 e. The average molecular weight is 367 g/mol. The third-order valence-corrected chi connectivity index (χ3v) is 3.89. The van der Waals surface area contributed by atoms with Crippen LogP contribution in [0.25, 0.3) is 11.3 Å². The molecule has 0 saturated carbocycles. The normalized spacial score (nSPS) is 10.4. The van der Waals surface area contributed by atoms with E-state index in [0.717, 1.165) is 5.56 Å². The molecule has 138 valence electrons. The van der Waals surface area contributed by atoms with Gasteiger partial charge in [0, 0.05) is 24.7 Å². The number of hydrogen-bond donors (Lipinski definition) is 2. The molecule has 3 rings (SSSR count). The van der Waals surface area contributed by atoms with E-state index >= 15 is 0 Å². The van der Waals surface area contributed by atoms with Gasteiger partial charge in [0.2, 0.25) is 5.91 Å². The first-order valence-corrected chi connectivity index (χ1v) is 8.45. The zero-order chi connectivity index (χ0) is 19.2. The van der Waals surface area contributed by atoms with Crippen molar-refractivity contribution in [3.63, 3.8) is 0 Å². The maximum Gasteiger partial charge on any atom is 0.273 e. The Bertz CT molecular complexity index is 951. The van der Waals surface area contributed by atoms with Gasteiger partial charge in [0.25, 0.3) is 5.91 Å². The van der Waals surface area contributed by atoms with Crippen LogP contribution in [0, 0.1) is 5.82 Å². The Labute approximate surface area is 155 Å². The van der Waals surface area contributed by atoms with E-state index in [9.17, 15) is 14.0 Å². The van der Waals surface area contributed by atoms with E-state index in [4.69, 9.17) is 4.52 Å². The monoisotopic (exact) mass is 367 g/mol. The van der Waals surface area contributed by atoms with Crippen LogP contribution in [0.15, 0.2) is 59.1 Å². The van der Waals surface area contributed by atoms with Crippen LogP contribution in [0.1, 0.15) is 29.4 Å². The Morgan fingerprint density at radius 3 is 2.56 bits per heavy atom. The van der Waals surface area contributed by atoms with Crippen molar-refractivity contribution in [1.82, 2.24) is 10.5 Å². The summed E-state index contributed by atoms with van der Waals surface area (Å²) in [4.78, 5) is 23.6. The predicted molar refractivity (Wildman–Crippen MR) is 98.4 cm³/mol. The third-order valence-electron chi connectivity index (χ3n) is 3.89. The molecule has 0 aliphatic rings. The van der Waals surface area contributed by atoms with Crippen LogP contribution in [0.5, 0.6) is 0 Å². The molecule has 1 aromatic heterocycles. The molecule has 2 N–H and O–H groups in total. The molecule has 0 aliphatic heterocycles. The van der Waals surface area contributed by atoms with Crippen molar-refractivity contribution in [2.24, 2.45) is 0 Å². The van der Waals surface area contributed by atoms with Gasteiger partial charge in [0.15, 0.2) is 11.5 Å². The lowest BCUT2D eigenvalue weighted by Crippen LogP contribution is -2.23. The van der Waals surface area contributed by atoms with Crippen molar-refractivity contribution in [3.05, 3.63) is 71.7 Å². The van der Waals surface area contributed by atoms with Crippen molar-refractivity contribution in [2.45, 2.75) is 19.9 Å². The van der Waals surface area contributed by atoms with Gasteiger partial charge < -0.3 is 15.2 Å². The van der Waals surface area contributed by atoms with Crippen LogP contribution in [-0.4, -0.2) is 17.0 Å². The molecule has 0 atom stereocenters. The second-order valence-corrected chi connectivity index (χ2v) is 5.84. The summed E-state index contributed by atoms with van der Waals surface area (Å²) in [5.74, 6) is -0.748. The van der Waals surface area contributed by atoms with Gasteiger partial charge in [0.05, 0.1) is 5.56 Å². The predicted octanol–water partition coefficient (Wildman–Crippen LogP) is 3.76. The van der Waals surface area contributed by atoms with Crippen molar-refractivity contribution in [3.8, 4) is 11.3 Å². The fourth-order valence-corrected chi connectivity index (χ4v) is 2.40. The summed E-state index contributed by atoms with van der Waals surface area (Å²) in [5, 5.41) is 9.18. The highest BCUT2D eigenvalue weighted by Crippen LogP contribution is 2.23. The highest BCUT2D eigenvalue weighted by atomic mass is 19.1. The molecule has 0 aliphatic carbocycles. The number of carbonyl (C=O) groups excluding carboxylic acids is 2. The second-order valence-electron chi connectivity index (χ2n) is 5.84. The molecule has 3 aromatic rings. The third kappa shape index (κ3) is 4.58.